The molecule has 0 bridgehead atoms. The second-order valence-electron chi connectivity index (χ2n) is 4.98. The van der Waals surface area contributed by atoms with Gasteiger partial charge in [0.05, 0.1) is 6.10 Å². The highest BCUT2D eigenvalue weighted by Gasteiger charge is 2.19. The van der Waals surface area contributed by atoms with Gasteiger partial charge >= 0.3 is 0 Å². The minimum Gasteiger partial charge on any atom is -0.377 e. The number of ether oxygens (including phenoxy) is 1. The summed E-state index contributed by atoms with van der Waals surface area (Å²) in [7, 11) is 0. The van der Waals surface area contributed by atoms with Gasteiger partial charge in [-0.25, -0.2) is 0 Å². The van der Waals surface area contributed by atoms with Crippen molar-refractivity contribution in [2.45, 2.75) is 39.0 Å². The molecular weight excluding hydrogens is 224 g/mol. The molecular formula is C15H24N2O. The molecule has 0 radical (unpaired) electrons. The van der Waals surface area contributed by atoms with Crippen LogP contribution in [0, 0.1) is 0 Å². The van der Waals surface area contributed by atoms with E-state index in [0.29, 0.717) is 12.6 Å². The first kappa shape index (κ1) is 13.5. The number of nitrogens with two attached hydrogens (primary N) is 1. The van der Waals surface area contributed by atoms with E-state index in [1.54, 1.807) is 0 Å². The van der Waals surface area contributed by atoms with Gasteiger partial charge in [-0.05, 0) is 37.4 Å². The van der Waals surface area contributed by atoms with Crippen LogP contribution in [-0.2, 0) is 17.8 Å². The van der Waals surface area contributed by atoms with Gasteiger partial charge in [0.15, 0.2) is 0 Å². The van der Waals surface area contributed by atoms with Gasteiger partial charge in [-0.1, -0.05) is 24.3 Å². The lowest BCUT2D eigenvalue weighted by Crippen LogP contribution is -2.39. The van der Waals surface area contributed by atoms with Gasteiger partial charge in [0.1, 0.15) is 0 Å². The summed E-state index contributed by atoms with van der Waals surface area (Å²) in [5, 5.41) is 0. The van der Waals surface area contributed by atoms with Crippen LogP contribution in [0.1, 0.15) is 30.9 Å². The van der Waals surface area contributed by atoms with Gasteiger partial charge in [-0.2, -0.15) is 0 Å². The molecule has 1 heterocycles. The fourth-order valence-corrected chi connectivity index (χ4v) is 2.57. The maximum atomic E-state index is 5.73. The Balaban J connectivity index is 1.87. The average Bonchev–Trinajstić information content (AvgIpc) is 2.40. The van der Waals surface area contributed by atoms with Crippen molar-refractivity contribution in [1.29, 1.82) is 0 Å². The minimum absolute atomic E-state index is 0.423. The molecule has 1 aromatic carbocycles. The zero-order valence-electron chi connectivity index (χ0n) is 11.3. The minimum atomic E-state index is 0.423. The van der Waals surface area contributed by atoms with Crippen molar-refractivity contribution in [3.8, 4) is 0 Å². The number of likely N-dealkylation sites (tertiary alicyclic amines) is 1. The largest absolute Gasteiger partial charge is 0.377 e. The summed E-state index contributed by atoms with van der Waals surface area (Å²) < 4.78 is 5.73. The first-order valence-corrected chi connectivity index (χ1v) is 6.93. The molecule has 2 N–H and O–H groups in total. The average molecular weight is 248 g/mol. The van der Waals surface area contributed by atoms with E-state index in [9.17, 15) is 0 Å². The number of piperidine rings is 1. The summed E-state index contributed by atoms with van der Waals surface area (Å²) in [4.78, 5) is 2.49. The van der Waals surface area contributed by atoms with Crippen molar-refractivity contribution in [1.82, 2.24) is 4.90 Å². The Labute approximate surface area is 110 Å². The molecule has 0 saturated carbocycles. The maximum Gasteiger partial charge on any atom is 0.0702 e. The fourth-order valence-electron chi connectivity index (χ4n) is 2.57. The molecule has 1 aliphatic rings. The number of hydrogen-bond donors (Lipinski definition) is 1. The van der Waals surface area contributed by atoms with Crippen molar-refractivity contribution < 1.29 is 4.74 Å². The van der Waals surface area contributed by atoms with Gasteiger partial charge in [0.2, 0.25) is 0 Å². The Bertz CT molecular complexity index is 348. The third-order valence-corrected chi connectivity index (χ3v) is 3.53. The Morgan fingerprint density at radius 1 is 1.28 bits per heavy atom. The third kappa shape index (κ3) is 3.80. The Hall–Kier alpha value is -0.900. The molecule has 100 valence electrons. The monoisotopic (exact) mass is 248 g/mol. The lowest BCUT2D eigenvalue weighted by atomic mass is 10.1. The van der Waals surface area contributed by atoms with Gasteiger partial charge in [0, 0.05) is 26.2 Å². The van der Waals surface area contributed by atoms with E-state index in [0.717, 1.165) is 19.7 Å². The molecule has 1 saturated heterocycles. The van der Waals surface area contributed by atoms with Crippen LogP contribution in [-0.4, -0.2) is 30.7 Å². The predicted molar refractivity (Wildman–Crippen MR) is 74.3 cm³/mol. The van der Waals surface area contributed by atoms with E-state index in [1.165, 1.54) is 30.5 Å². The molecule has 1 unspecified atom stereocenters. The first-order chi connectivity index (χ1) is 8.81. The molecule has 0 aliphatic carbocycles. The SMILES string of the molecule is CCOC1CCCN(Cc2ccc(CN)cc2)C1. The fraction of sp³-hybridized carbons (Fsp3) is 0.600. The summed E-state index contributed by atoms with van der Waals surface area (Å²) in [5.41, 5.74) is 8.17. The lowest BCUT2D eigenvalue weighted by Gasteiger charge is -2.32. The van der Waals surface area contributed by atoms with E-state index >= 15 is 0 Å². The van der Waals surface area contributed by atoms with E-state index in [4.69, 9.17) is 10.5 Å². The summed E-state index contributed by atoms with van der Waals surface area (Å²) in [6.45, 7) is 6.79. The Morgan fingerprint density at radius 2 is 2.00 bits per heavy atom. The lowest BCUT2D eigenvalue weighted by molar-refractivity contribution is 0.00363. The molecule has 0 amide bonds. The number of rotatable bonds is 5. The van der Waals surface area contributed by atoms with Crippen LogP contribution in [0.2, 0.25) is 0 Å². The van der Waals surface area contributed by atoms with E-state index in [-0.39, 0.29) is 0 Å². The van der Waals surface area contributed by atoms with Crippen molar-refractivity contribution >= 4 is 0 Å². The Morgan fingerprint density at radius 3 is 2.67 bits per heavy atom. The maximum absolute atomic E-state index is 5.73. The molecule has 1 fully saturated rings. The van der Waals surface area contributed by atoms with Crippen LogP contribution in [0.25, 0.3) is 0 Å². The van der Waals surface area contributed by atoms with Crippen molar-refractivity contribution in [3.63, 3.8) is 0 Å². The third-order valence-electron chi connectivity index (χ3n) is 3.53. The number of benzene rings is 1. The van der Waals surface area contributed by atoms with Crippen LogP contribution >= 0.6 is 0 Å². The molecule has 18 heavy (non-hydrogen) atoms. The van der Waals surface area contributed by atoms with E-state index in [2.05, 4.69) is 36.1 Å². The van der Waals surface area contributed by atoms with Crippen molar-refractivity contribution in [3.05, 3.63) is 35.4 Å². The molecule has 3 heteroatoms. The topological polar surface area (TPSA) is 38.5 Å². The Kier molecular flexibility index (Phi) is 5.17. The normalized spacial score (nSPS) is 21.1. The summed E-state index contributed by atoms with van der Waals surface area (Å²) in [5.74, 6) is 0. The van der Waals surface area contributed by atoms with Gasteiger partial charge < -0.3 is 10.5 Å². The van der Waals surface area contributed by atoms with Gasteiger partial charge in [-0.3, -0.25) is 4.90 Å². The van der Waals surface area contributed by atoms with Crippen molar-refractivity contribution in [2.24, 2.45) is 5.73 Å². The molecule has 3 nitrogen and oxygen atoms in total. The highest BCUT2D eigenvalue weighted by molar-refractivity contribution is 5.22. The summed E-state index contributed by atoms with van der Waals surface area (Å²) >= 11 is 0. The van der Waals surface area contributed by atoms with Gasteiger partial charge in [0.25, 0.3) is 0 Å². The highest BCUT2D eigenvalue weighted by Crippen LogP contribution is 2.16. The smallest absolute Gasteiger partial charge is 0.0702 e. The van der Waals surface area contributed by atoms with Crippen molar-refractivity contribution in [2.75, 3.05) is 19.7 Å². The van der Waals surface area contributed by atoms with E-state index < -0.39 is 0 Å². The summed E-state index contributed by atoms with van der Waals surface area (Å²) in [6.07, 6.45) is 2.87. The first-order valence-electron chi connectivity index (χ1n) is 6.93. The second-order valence-corrected chi connectivity index (χ2v) is 4.98. The van der Waals surface area contributed by atoms with Crippen LogP contribution in [0.4, 0.5) is 0 Å². The second kappa shape index (κ2) is 6.88. The number of nitrogens with zero attached hydrogens (tertiary/aromatic N) is 1. The van der Waals surface area contributed by atoms with Crippen LogP contribution in [0.5, 0.6) is 0 Å². The van der Waals surface area contributed by atoms with Gasteiger partial charge in [-0.15, -0.1) is 0 Å². The molecule has 0 aromatic heterocycles. The van der Waals surface area contributed by atoms with Crippen LogP contribution < -0.4 is 5.73 Å². The molecule has 1 atom stereocenters. The predicted octanol–water partition coefficient (Wildman–Crippen LogP) is 2.15. The molecule has 1 aliphatic heterocycles. The molecule has 0 spiro atoms. The van der Waals surface area contributed by atoms with Crippen LogP contribution in [0.3, 0.4) is 0 Å². The zero-order valence-corrected chi connectivity index (χ0v) is 11.3. The van der Waals surface area contributed by atoms with E-state index in [1.807, 2.05) is 0 Å². The summed E-state index contributed by atoms with van der Waals surface area (Å²) in [6, 6.07) is 8.62. The molecule has 1 aromatic rings. The highest BCUT2D eigenvalue weighted by atomic mass is 16.5. The number of hydrogen-bond acceptors (Lipinski definition) is 3. The zero-order chi connectivity index (χ0) is 12.8. The molecule has 2 rings (SSSR count). The quantitative estimate of drug-likeness (QED) is 0.867. The standard InChI is InChI=1S/C15H24N2O/c1-2-18-15-4-3-9-17(12-15)11-14-7-5-13(10-16)6-8-14/h5-8,15H,2-4,9-12,16H2,1H3. The van der Waals surface area contributed by atoms with Crippen LogP contribution in [0.15, 0.2) is 24.3 Å².